The van der Waals surface area contributed by atoms with Gasteiger partial charge in [-0.15, -0.1) is 0 Å². The first-order valence-electron chi connectivity index (χ1n) is 7.89. The van der Waals surface area contributed by atoms with Gasteiger partial charge in [-0.3, -0.25) is 9.69 Å². The second kappa shape index (κ2) is 6.62. The average Bonchev–Trinajstić information content (AvgIpc) is 2.56. The number of nitrogens with one attached hydrogen (secondary N) is 1. The van der Waals surface area contributed by atoms with Crippen molar-refractivity contribution in [3.8, 4) is 0 Å². The molecule has 1 fully saturated rings. The molecular formula is C18H20F2N2O. The van der Waals surface area contributed by atoms with Crippen molar-refractivity contribution >= 4 is 0 Å². The molecule has 1 aromatic heterocycles. The second-order valence-corrected chi connectivity index (χ2v) is 6.21. The van der Waals surface area contributed by atoms with E-state index in [1.165, 1.54) is 0 Å². The number of H-pyrrole nitrogens is 1. The number of aromatic amines is 1. The van der Waals surface area contributed by atoms with Crippen LogP contribution in [0.2, 0.25) is 0 Å². The zero-order valence-corrected chi connectivity index (χ0v) is 13.1. The van der Waals surface area contributed by atoms with Crippen molar-refractivity contribution in [3.63, 3.8) is 0 Å². The molecule has 0 amide bonds. The summed E-state index contributed by atoms with van der Waals surface area (Å²) in [6.45, 7) is 3.61. The number of nitrogens with zero attached hydrogens (tertiary/aromatic N) is 1. The van der Waals surface area contributed by atoms with Gasteiger partial charge in [0.25, 0.3) is 0 Å². The van der Waals surface area contributed by atoms with Crippen LogP contribution < -0.4 is 5.56 Å². The molecule has 3 rings (SSSR count). The third-order valence-corrected chi connectivity index (χ3v) is 4.61. The summed E-state index contributed by atoms with van der Waals surface area (Å²) in [4.78, 5) is 16.2. The van der Waals surface area contributed by atoms with Crippen molar-refractivity contribution < 1.29 is 8.78 Å². The Bertz CT molecular complexity index is 749. The highest BCUT2D eigenvalue weighted by atomic mass is 19.2. The molecule has 122 valence electrons. The molecule has 2 heterocycles. The van der Waals surface area contributed by atoms with E-state index in [4.69, 9.17) is 0 Å². The molecule has 5 heteroatoms. The summed E-state index contributed by atoms with van der Waals surface area (Å²) < 4.78 is 27.6. The Balaban J connectivity index is 1.64. The number of halogens is 2. The van der Waals surface area contributed by atoms with Crippen LogP contribution in [-0.2, 0) is 6.54 Å². The summed E-state index contributed by atoms with van der Waals surface area (Å²) in [5, 5.41) is 0. The normalized spacial score (nSPS) is 16.7. The van der Waals surface area contributed by atoms with E-state index in [1.807, 2.05) is 6.07 Å². The molecule has 1 aromatic carbocycles. The topological polar surface area (TPSA) is 36.1 Å². The van der Waals surface area contributed by atoms with Crippen LogP contribution in [0.15, 0.2) is 35.3 Å². The molecule has 0 atom stereocenters. The Morgan fingerprint density at radius 1 is 1.17 bits per heavy atom. The molecule has 3 nitrogen and oxygen atoms in total. The molecular weight excluding hydrogens is 298 g/mol. The van der Waals surface area contributed by atoms with E-state index in [0.29, 0.717) is 23.6 Å². The van der Waals surface area contributed by atoms with Crippen LogP contribution in [0.1, 0.15) is 35.4 Å². The Labute approximate surface area is 134 Å². The molecule has 0 bridgehead atoms. The number of pyridine rings is 1. The SMILES string of the molecule is Cc1ccc(CN2CCC(c3cc[nH]c(=O)c3)CC2)c(F)c1F. The van der Waals surface area contributed by atoms with Gasteiger partial charge in [0.05, 0.1) is 0 Å². The fraction of sp³-hybridized carbons (Fsp3) is 0.389. The van der Waals surface area contributed by atoms with E-state index in [2.05, 4.69) is 9.88 Å². The molecule has 1 N–H and O–H groups in total. The molecule has 1 aliphatic heterocycles. The smallest absolute Gasteiger partial charge is 0.248 e. The van der Waals surface area contributed by atoms with Crippen molar-refractivity contribution in [1.82, 2.24) is 9.88 Å². The third kappa shape index (κ3) is 3.50. The van der Waals surface area contributed by atoms with E-state index in [9.17, 15) is 13.6 Å². The lowest BCUT2D eigenvalue weighted by Crippen LogP contribution is -2.33. The van der Waals surface area contributed by atoms with Gasteiger partial charge in [0.2, 0.25) is 5.56 Å². The summed E-state index contributed by atoms with van der Waals surface area (Å²) in [6.07, 6.45) is 3.51. The van der Waals surface area contributed by atoms with E-state index in [0.717, 1.165) is 31.5 Å². The van der Waals surface area contributed by atoms with Crippen molar-refractivity contribution in [2.45, 2.75) is 32.2 Å². The number of benzene rings is 1. The standard InChI is InChI=1S/C18H20F2N2O/c1-12-2-3-15(18(20)17(12)19)11-22-8-5-13(6-9-22)14-4-7-21-16(23)10-14/h2-4,7,10,13H,5-6,8-9,11H2,1H3,(H,21,23). The van der Waals surface area contributed by atoms with Crippen LogP contribution in [0.5, 0.6) is 0 Å². The van der Waals surface area contributed by atoms with Crippen molar-refractivity contribution in [2.24, 2.45) is 0 Å². The van der Waals surface area contributed by atoms with Gasteiger partial charge < -0.3 is 4.98 Å². The summed E-state index contributed by atoms with van der Waals surface area (Å²) >= 11 is 0. The lowest BCUT2D eigenvalue weighted by atomic mass is 9.90. The Hall–Kier alpha value is -2.01. The zero-order chi connectivity index (χ0) is 16.4. The highest BCUT2D eigenvalue weighted by molar-refractivity contribution is 5.25. The highest BCUT2D eigenvalue weighted by Crippen LogP contribution is 2.28. The number of aryl methyl sites for hydroxylation is 1. The maximum absolute atomic E-state index is 14.0. The van der Waals surface area contributed by atoms with Crippen LogP contribution in [0.4, 0.5) is 8.78 Å². The zero-order valence-electron chi connectivity index (χ0n) is 13.1. The Morgan fingerprint density at radius 2 is 1.91 bits per heavy atom. The Kier molecular flexibility index (Phi) is 4.57. The van der Waals surface area contributed by atoms with Gasteiger partial charge in [-0.05, 0) is 56.0 Å². The van der Waals surface area contributed by atoms with E-state index >= 15 is 0 Å². The first-order valence-corrected chi connectivity index (χ1v) is 7.89. The van der Waals surface area contributed by atoms with Gasteiger partial charge in [0, 0.05) is 24.4 Å². The van der Waals surface area contributed by atoms with Gasteiger partial charge in [-0.1, -0.05) is 12.1 Å². The lowest BCUT2D eigenvalue weighted by molar-refractivity contribution is 0.201. The number of rotatable bonds is 3. The van der Waals surface area contributed by atoms with Crippen LogP contribution in [0.3, 0.4) is 0 Å². The van der Waals surface area contributed by atoms with E-state index < -0.39 is 11.6 Å². The molecule has 1 saturated heterocycles. The van der Waals surface area contributed by atoms with Gasteiger partial charge in [0.15, 0.2) is 11.6 Å². The van der Waals surface area contributed by atoms with Gasteiger partial charge >= 0.3 is 0 Å². The molecule has 0 aliphatic carbocycles. The second-order valence-electron chi connectivity index (χ2n) is 6.21. The average molecular weight is 318 g/mol. The molecule has 1 aliphatic rings. The molecule has 0 radical (unpaired) electrons. The lowest BCUT2D eigenvalue weighted by Gasteiger charge is -2.32. The number of likely N-dealkylation sites (tertiary alicyclic amines) is 1. The summed E-state index contributed by atoms with van der Waals surface area (Å²) in [6, 6.07) is 6.87. The molecule has 0 spiro atoms. The maximum atomic E-state index is 14.0. The predicted octanol–water partition coefficient (Wildman–Crippen LogP) is 3.34. The Morgan fingerprint density at radius 3 is 2.61 bits per heavy atom. The fourth-order valence-corrected chi connectivity index (χ4v) is 3.19. The van der Waals surface area contributed by atoms with Crippen LogP contribution in [0.25, 0.3) is 0 Å². The molecule has 0 saturated carbocycles. The molecule has 0 unspecified atom stereocenters. The minimum absolute atomic E-state index is 0.0814. The van der Waals surface area contributed by atoms with Gasteiger partial charge in [-0.25, -0.2) is 8.78 Å². The number of hydrogen-bond donors (Lipinski definition) is 1. The van der Waals surface area contributed by atoms with Crippen LogP contribution in [-0.4, -0.2) is 23.0 Å². The summed E-state index contributed by atoms with van der Waals surface area (Å²) in [7, 11) is 0. The fourth-order valence-electron chi connectivity index (χ4n) is 3.19. The summed E-state index contributed by atoms with van der Waals surface area (Å²) in [5.74, 6) is -1.13. The van der Waals surface area contributed by atoms with Crippen LogP contribution in [0, 0.1) is 18.6 Å². The molecule has 2 aromatic rings. The van der Waals surface area contributed by atoms with E-state index in [-0.39, 0.29) is 5.56 Å². The van der Waals surface area contributed by atoms with Crippen molar-refractivity contribution in [1.29, 1.82) is 0 Å². The first kappa shape index (κ1) is 15.9. The third-order valence-electron chi connectivity index (χ3n) is 4.61. The van der Waals surface area contributed by atoms with Crippen molar-refractivity contribution in [2.75, 3.05) is 13.1 Å². The minimum atomic E-state index is -0.749. The maximum Gasteiger partial charge on any atom is 0.248 e. The monoisotopic (exact) mass is 318 g/mol. The van der Waals surface area contributed by atoms with E-state index in [1.54, 1.807) is 31.3 Å². The van der Waals surface area contributed by atoms with Crippen LogP contribution >= 0.6 is 0 Å². The first-order chi connectivity index (χ1) is 11.0. The number of hydrogen-bond acceptors (Lipinski definition) is 2. The largest absolute Gasteiger partial charge is 0.329 e. The number of piperidine rings is 1. The van der Waals surface area contributed by atoms with Gasteiger partial charge in [0.1, 0.15) is 0 Å². The molecule has 23 heavy (non-hydrogen) atoms. The predicted molar refractivity (Wildman–Crippen MR) is 85.4 cm³/mol. The minimum Gasteiger partial charge on any atom is -0.329 e. The van der Waals surface area contributed by atoms with Gasteiger partial charge in [-0.2, -0.15) is 0 Å². The highest BCUT2D eigenvalue weighted by Gasteiger charge is 2.22. The summed E-state index contributed by atoms with van der Waals surface area (Å²) in [5.41, 5.74) is 1.71. The van der Waals surface area contributed by atoms with Crippen molar-refractivity contribution in [3.05, 3.63) is 69.1 Å². The quantitative estimate of drug-likeness (QED) is 0.942. The number of aromatic nitrogens is 1.